The van der Waals surface area contributed by atoms with E-state index in [0.29, 0.717) is 0 Å². The number of alkyl halides is 13. The van der Waals surface area contributed by atoms with E-state index in [1.54, 1.807) is 0 Å². The molecule has 0 aliphatic rings. The summed E-state index contributed by atoms with van der Waals surface area (Å²) in [5.41, 5.74) is 0. The van der Waals surface area contributed by atoms with Crippen LogP contribution in [0.25, 0.3) is 0 Å². The summed E-state index contributed by atoms with van der Waals surface area (Å²) < 4.78 is 165. The standard InChI is InChI=1S/C11H10F13/c1-2-3-4-5-6(12,13)7(14,15)8(16,17)9(18,19)10(20,21)11(22,23)24/h1-5H2. The monoisotopic (exact) mass is 389 g/mol. The Morgan fingerprint density at radius 1 is 0.500 bits per heavy atom. The molecule has 0 N–H and O–H groups in total. The molecule has 0 rings (SSSR count). The van der Waals surface area contributed by atoms with Crippen molar-refractivity contribution in [3.8, 4) is 0 Å². The molecule has 0 saturated heterocycles. The topological polar surface area (TPSA) is 0 Å². The Morgan fingerprint density at radius 3 is 1.21 bits per heavy atom. The van der Waals surface area contributed by atoms with E-state index in [1.165, 1.54) is 0 Å². The highest BCUT2D eigenvalue weighted by Gasteiger charge is 2.90. The van der Waals surface area contributed by atoms with Gasteiger partial charge in [0.05, 0.1) is 0 Å². The van der Waals surface area contributed by atoms with E-state index in [2.05, 4.69) is 6.92 Å². The Balaban J connectivity index is 5.92. The zero-order chi connectivity index (χ0) is 19.8. The zero-order valence-corrected chi connectivity index (χ0v) is 11.4. The third-order valence-electron chi connectivity index (χ3n) is 2.99. The maximum atomic E-state index is 13.1. The predicted octanol–water partition coefficient (Wildman–Crippen LogP) is 6.12. The lowest BCUT2D eigenvalue weighted by molar-refractivity contribution is -0.440. The Hall–Kier alpha value is -0.910. The van der Waals surface area contributed by atoms with Gasteiger partial charge >= 0.3 is 35.8 Å². The first kappa shape index (κ1) is 23.1. The molecule has 1 radical (unpaired) electrons. The van der Waals surface area contributed by atoms with E-state index >= 15 is 0 Å². The number of hydrogen-bond donors (Lipinski definition) is 0. The highest BCUT2D eigenvalue weighted by atomic mass is 19.4. The summed E-state index contributed by atoms with van der Waals surface area (Å²) >= 11 is 0. The molecule has 0 atom stereocenters. The van der Waals surface area contributed by atoms with Crippen molar-refractivity contribution in [2.24, 2.45) is 0 Å². The lowest BCUT2D eigenvalue weighted by Gasteiger charge is -2.39. The highest BCUT2D eigenvalue weighted by Crippen LogP contribution is 2.60. The second-order valence-corrected chi connectivity index (χ2v) is 4.81. The van der Waals surface area contributed by atoms with Crippen molar-refractivity contribution in [2.75, 3.05) is 0 Å². The van der Waals surface area contributed by atoms with E-state index in [1.807, 2.05) is 0 Å². The van der Waals surface area contributed by atoms with Crippen LogP contribution in [0.3, 0.4) is 0 Å². The van der Waals surface area contributed by atoms with Crippen LogP contribution in [0.4, 0.5) is 57.1 Å². The van der Waals surface area contributed by atoms with Crippen LogP contribution >= 0.6 is 0 Å². The summed E-state index contributed by atoms with van der Waals surface area (Å²) in [7, 11) is 0. The lowest BCUT2D eigenvalue weighted by atomic mass is 9.91. The molecule has 0 aromatic carbocycles. The van der Waals surface area contributed by atoms with Crippen molar-refractivity contribution in [3.05, 3.63) is 6.92 Å². The van der Waals surface area contributed by atoms with Crippen LogP contribution in [0.2, 0.25) is 0 Å². The molecule has 0 aromatic heterocycles. The van der Waals surface area contributed by atoms with Crippen molar-refractivity contribution < 1.29 is 57.1 Å². The molecule has 0 aliphatic carbocycles. The molecule has 145 valence electrons. The number of halogens is 13. The minimum absolute atomic E-state index is 0.125. The van der Waals surface area contributed by atoms with Gasteiger partial charge in [-0.2, -0.15) is 57.1 Å². The normalized spacial score (nSPS) is 15.8. The largest absolute Gasteiger partial charge is 0.460 e. The van der Waals surface area contributed by atoms with Gasteiger partial charge in [-0.05, 0) is 6.42 Å². The van der Waals surface area contributed by atoms with Crippen molar-refractivity contribution in [3.63, 3.8) is 0 Å². The van der Waals surface area contributed by atoms with Crippen LogP contribution in [0, 0.1) is 6.92 Å². The molecule has 0 unspecified atom stereocenters. The highest BCUT2D eigenvalue weighted by molar-refractivity contribution is 5.10. The molecule has 0 fully saturated rings. The van der Waals surface area contributed by atoms with E-state index < -0.39 is 48.6 Å². The molecule has 0 aromatic rings. The predicted molar refractivity (Wildman–Crippen MR) is 54.6 cm³/mol. The van der Waals surface area contributed by atoms with Crippen LogP contribution in [-0.2, 0) is 0 Å². The molecule has 0 saturated carbocycles. The fraction of sp³-hybridized carbons (Fsp3) is 0.909. The summed E-state index contributed by atoms with van der Waals surface area (Å²) in [6, 6.07) is 0. The maximum absolute atomic E-state index is 13.1. The fourth-order valence-corrected chi connectivity index (χ4v) is 1.48. The fourth-order valence-electron chi connectivity index (χ4n) is 1.48. The second kappa shape index (κ2) is 6.43. The lowest BCUT2D eigenvalue weighted by Crippen LogP contribution is -2.70. The average Bonchev–Trinajstić information content (AvgIpc) is 2.36. The minimum atomic E-state index is -7.82. The summed E-state index contributed by atoms with van der Waals surface area (Å²) in [6.45, 7) is 3.09. The molecule has 24 heavy (non-hydrogen) atoms. The van der Waals surface area contributed by atoms with E-state index in [4.69, 9.17) is 0 Å². The number of rotatable bonds is 8. The van der Waals surface area contributed by atoms with Gasteiger partial charge < -0.3 is 0 Å². The first-order valence-corrected chi connectivity index (χ1v) is 6.06. The van der Waals surface area contributed by atoms with Gasteiger partial charge in [0.15, 0.2) is 0 Å². The Kier molecular flexibility index (Phi) is 6.19. The van der Waals surface area contributed by atoms with Crippen molar-refractivity contribution >= 4 is 0 Å². The van der Waals surface area contributed by atoms with E-state index in [0.717, 1.165) is 0 Å². The molecular formula is C11H10F13. The zero-order valence-electron chi connectivity index (χ0n) is 11.4. The van der Waals surface area contributed by atoms with Crippen molar-refractivity contribution in [1.29, 1.82) is 0 Å². The summed E-state index contributed by atoms with van der Waals surface area (Å²) in [5.74, 6) is -36.3. The third-order valence-corrected chi connectivity index (χ3v) is 2.99. The van der Waals surface area contributed by atoms with Crippen LogP contribution in [0.1, 0.15) is 25.7 Å². The van der Waals surface area contributed by atoms with Crippen LogP contribution < -0.4 is 0 Å². The Bertz CT molecular complexity index is 420. The number of unbranched alkanes of at least 4 members (excludes halogenated alkanes) is 2. The van der Waals surface area contributed by atoms with Crippen LogP contribution in [0.15, 0.2) is 0 Å². The average molecular weight is 389 g/mol. The summed E-state index contributed by atoms with van der Waals surface area (Å²) in [6.07, 6.45) is -10.9. The molecule has 0 spiro atoms. The Labute approximate surface area is 127 Å². The SMILES string of the molecule is [CH2]CCCCC(F)(F)C(F)(F)C(F)(F)C(F)(F)C(F)(F)C(F)(F)F. The summed E-state index contributed by atoms with van der Waals surface area (Å²) in [4.78, 5) is 0. The molecule has 0 aliphatic heterocycles. The second-order valence-electron chi connectivity index (χ2n) is 4.81. The molecule has 0 amide bonds. The van der Waals surface area contributed by atoms with Crippen molar-refractivity contribution in [2.45, 2.75) is 61.5 Å². The van der Waals surface area contributed by atoms with Crippen molar-refractivity contribution in [1.82, 2.24) is 0 Å². The van der Waals surface area contributed by atoms with Gasteiger partial charge in [-0.15, -0.1) is 0 Å². The molecule has 0 heterocycles. The first-order valence-electron chi connectivity index (χ1n) is 6.06. The van der Waals surface area contributed by atoms with Gasteiger partial charge in [0.25, 0.3) is 0 Å². The number of hydrogen-bond acceptors (Lipinski definition) is 0. The Morgan fingerprint density at radius 2 is 0.875 bits per heavy atom. The van der Waals surface area contributed by atoms with Gasteiger partial charge in [0, 0.05) is 6.42 Å². The van der Waals surface area contributed by atoms with Gasteiger partial charge in [-0.1, -0.05) is 19.8 Å². The van der Waals surface area contributed by atoms with Crippen LogP contribution in [0.5, 0.6) is 0 Å². The van der Waals surface area contributed by atoms with Gasteiger partial charge in [0.1, 0.15) is 0 Å². The van der Waals surface area contributed by atoms with Gasteiger partial charge in [0.2, 0.25) is 0 Å². The van der Waals surface area contributed by atoms with Crippen LogP contribution in [-0.4, -0.2) is 35.8 Å². The van der Waals surface area contributed by atoms with E-state index in [-0.39, 0.29) is 12.8 Å². The third kappa shape index (κ3) is 3.39. The van der Waals surface area contributed by atoms with E-state index in [9.17, 15) is 57.1 Å². The van der Waals surface area contributed by atoms with Gasteiger partial charge in [-0.3, -0.25) is 0 Å². The molecule has 0 bridgehead atoms. The quantitative estimate of drug-likeness (QED) is 0.347. The van der Waals surface area contributed by atoms with Gasteiger partial charge in [-0.25, -0.2) is 0 Å². The minimum Gasteiger partial charge on any atom is -0.200 e. The maximum Gasteiger partial charge on any atom is 0.460 e. The molecule has 0 nitrogen and oxygen atoms in total. The first-order chi connectivity index (χ1) is 10.3. The summed E-state index contributed by atoms with van der Waals surface area (Å²) in [5, 5.41) is 0. The molecule has 13 heteroatoms. The molecular weight excluding hydrogens is 379 g/mol. The smallest absolute Gasteiger partial charge is 0.200 e.